The van der Waals surface area contributed by atoms with Crippen LogP contribution in [0.1, 0.15) is 26.3 Å². The van der Waals surface area contributed by atoms with Gasteiger partial charge in [0.2, 0.25) is 5.54 Å². The van der Waals surface area contributed by atoms with Crippen LogP contribution in [0, 0.1) is 0 Å². The molecule has 0 spiro atoms. The van der Waals surface area contributed by atoms with Gasteiger partial charge in [0.25, 0.3) is 0 Å². The summed E-state index contributed by atoms with van der Waals surface area (Å²) in [5, 5.41) is 11.1. The molecular weight excluding hydrogens is 338 g/mol. The molecule has 1 unspecified atom stereocenters. The van der Waals surface area contributed by atoms with E-state index >= 15 is 0 Å². The third-order valence-electron chi connectivity index (χ3n) is 3.66. The van der Waals surface area contributed by atoms with Crippen molar-refractivity contribution in [3.8, 4) is 0 Å². The number of aliphatic carboxylic acids is 1. The number of carbonyl (C=O) groups excluding carboxylic acids is 2. The van der Waals surface area contributed by atoms with Crippen LogP contribution in [0.4, 0.5) is 4.79 Å². The van der Waals surface area contributed by atoms with Crippen molar-refractivity contribution in [2.24, 2.45) is 5.73 Å². The second kappa shape index (κ2) is 7.13. The van der Waals surface area contributed by atoms with Gasteiger partial charge in [0.1, 0.15) is 5.60 Å². The lowest BCUT2D eigenvalue weighted by Crippen LogP contribution is -2.58. The van der Waals surface area contributed by atoms with Crippen molar-refractivity contribution in [3.05, 3.63) is 48.0 Å². The summed E-state index contributed by atoms with van der Waals surface area (Å²) in [5.41, 5.74) is 3.06. The third-order valence-corrected chi connectivity index (χ3v) is 3.66. The van der Waals surface area contributed by atoms with Crippen LogP contribution in [0.3, 0.4) is 0 Å². The lowest BCUT2D eigenvalue weighted by atomic mass is 9.89. The number of carboxylic acid groups (broad SMARTS) is 1. The van der Waals surface area contributed by atoms with Gasteiger partial charge in [-0.3, -0.25) is 0 Å². The molecule has 7 nitrogen and oxygen atoms in total. The van der Waals surface area contributed by atoms with Crippen molar-refractivity contribution in [3.63, 3.8) is 0 Å². The Morgan fingerprint density at radius 2 is 1.65 bits per heavy atom. The Labute approximate surface area is 150 Å². The molecule has 0 bridgehead atoms. The van der Waals surface area contributed by atoms with E-state index in [1.54, 1.807) is 45.0 Å². The van der Waals surface area contributed by atoms with Gasteiger partial charge in [0.15, 0.2) is 0 Å². The molecule has 2 rings (SSSR count). The molecule has 2 aromatic rings. The first-order chi connectivity index (χ1) is 12.0. The average molecular weight is 359 g/mol. The Bertz CT molecular complexity index is 849. The lowest BCUT2D eigenvalue weighted by Gasteiger charge is -2.24. The molecule has 0 amide bonds. The molecule has 26 heavy (non-hydrogen) atoms. The number of rotatable bonds is 4. The minimum absolute atomic E-state index is 0.342. The highest BCUT2D eigenvalue weighted by Crippen LogP contribution is 2.23. The lowest BCUT2D eigenvalue weighted by molar-refractivity contribution is -0.159. The molecular formula is C19H21NO6. The van der Waals surface area contributed by atoms with Gasteiger partial charge in [-0.1, -0.05) is 42.5 Å². The largest absolute Gasteiger partial charge is 0.516 e. The van der Waals surface area contributed by atoms with Crippen LogP contribution in [-0.4, -0.2) is 34.3 Å². The van der Waals surface area contributed by atoms with Crippen molar-refractivity contribution in [2.75, 3.05) is 0 Å². The second-order valence-electron chi connectivity index (χ2n) is 6.95. The predicted molar refractivity (Wildman–Crippen MR) is 94.5 cm³/mol. The summed E-state index contributed by atoms with van der Waals surface area (Å²) >= 11 is 0. The number of hydrogen-bond donors (Lipinski definition) is 2. The SMILES string of the molecule is CC(C)(C)OC(=O)OC(=O)C(N)(Cc1cccc2ccccc12)C(=O)O. The molecule has 0 aliphatic heterocycles. The fourth-order valence-electron chi connectivity index (χ4n) is 2.42. The predicted octanol–water partition coefficient (Wildman–Crippen LogP) is 2.64. The fourth-order valence-corrected chi connectivity index (χ4v) is 2.42. The number of hydrogen-bond acceptors (Lipinski definition) is 6. The molecule has 138 valence electrons. The first kappa shape index (κ1) is 19.4. The van der Waals surface area contributed by atoms with Gasteiger partial charge in [-0.05, 0) is 37.1 Å². The Balaban J connectivity index is 2.30. The van der Waals surface area contributed by atoms with Crippen LogP contribution in [0.25, 0.3) is 10.8 Å². The van der Waals surface area contributed by atoms with Crippen LogP contribution in [-0.2, 0) is 25.5 Å². The van der Waals surface area contributed by atoms with Crippen LogP contribution < -0.4 is 5.73 Å². The molecule has 0 saturated carbocycles. The van der Waals surface area contributed by atoms with E-state index in [-0.39, 0.29) is 6.42 Å². The van der Waals surface area contributed by atoms with Crippen molar-refractivity contribution < 1.29 is 29.0 Å². The summed E-state index contributed by atoms with van der Waals surface area (Å²) in [4.78, 5) is 35.7. The Kier molecular flexibility index (Phi) is 5.32. The molecule has 0 aromatic heterocycles. The number of carbonyl (C=O) groups is 3. The number of benzene rings is 2. The maximum absolute atomic E-state index is 12.3. The molecule has 0 heterocycles. The highest BCUT2D eigenvalue weighted by atomic mass is 16.7. The van der Waals surface area contributed by atoms with Gasteiger partial charge < -0.3 is 20.3 Å². The number of ether oxygens (including phenoxy) is 2. The van der Waals surface area contributed by atoms with Gasteiger partial charge in [0, 0.05) is 6.42 Å². The van der Waals surface area contributed by atoms with Gasteiger partial charge >= 0.3 is 18.1 Å². The van der Waals surface area contributed by atoms with Crippen LogP contribution in [0.2, 0.25) is 0 Å². The van der Waals surface area contributed by atoms with Crippen molar-refractivity contribution >= 4 is 28.9 Å². The smallest absolute Gasteiger partial charge is 0.479 e. The highest BCUT2D eigenvalue weighted by molar-refractivity contribution is 6.07. The van der Waals surface area contributed by atoms with E-state index in [1.807, 2.05) is 18.2 Å². The second-order valence-corrected chi connectivity index (χ2v) is 6.95. The molecule has 2 aromatic carbocycles. The van der Waals surface area contributed by atoms with Crippen LogP contribution >= 0.6 is 0 Å². The van der Waals surface area contributed by atoms with Crippen LogP contribution in [0.5, 0.6) is 0 Å². The first-order valence-electron chi connectivity index (χ1n) is 7.97. The summed E-state index contributed by atoms with van der Waals surface area (Å²) in [7, 11) is 0. The molecule has 0 saturated heterocycles. The fraction of sp³-hybridized carbons (Fsp3) is 0.316. The van der Waals surface area contributed by atoms with Crippen LogP contribution in [0.15, 0.2) is 42.5 Å². The zero-order chi connectivity index (χ0) is 19.5. The summed E-state index contributed by atoms with van der Waals surface area (Å²) in [6.45, 7) is 4.76. The monoisotopic (exact) mass is 359 g/mol. The van der Waals surface area contributed by atoms with E-state index in [4.69, 9.17) is 10.5 Å². The average Bonchev–Trinajstić information content (AvgIpc) is 2.53. The summed E-state index contributed by atoms with van der Waals surface area (Å²) < 4.78 is 9.40. The van der Waals surface area contributed by atoms with E-state index in [2.05, 4.69) is 4.74 Å². The van der Waals surface area contributed by atoms with Gasteiger partial charge in [-0.25, -0.2) is 14.4 Å². The summed E-state index contributed by atoms with van der Waals surface area (Å²) in [6, 6.07) is 12.6. The van der Waals surface area contributed by atoms with E-state index in [0.29, 0.717) is 5.56 Å². The maximum Gasteiger partial charge on any atom is 0.516 e. The minimum atomic E-state index is -2.43. The zero-order valence-corrected chi connectivity index (χ0v) is 14.8. The number of esters is 1. The summed E-state index contributed by atoms with van der Waals surface area (Å²) in [6.07, 6.45) is -1.64. The molecule has 0 radical (unpaired) electrons. The molecule has 3 N–H and O–H groups in total. The Hall–Kier alpha value is -2.93. The van der Waals surface area contributed by atoms with Crippen molar-refractivity contribution in [2.45, 2.75) is 38.3 Å². The molecule has 7 heteroatoms. The van der Waals surface area contributed by atoms with Crippen molar-refractivity contribution in [1.82, 2.24) is 0 Å². The quantitative estimate of drug-likeness (QED) is 0.637. The highest BCUT2D eigenvalue weighted by Gasteiger charge is 2.46. The Morgan fingerprint density at radius 3 is 2.27 bits per heavy atom. The molecule has 1 atom stereocenters. The molecule has 0 aliphatic rings. The summed E-state index contributed by atoms with van der Waals surface area (Å²) in [5.74, 6) is -2.98. The minimum Gasteiger partial charge on any atom is -0.479 e. The topological polar surface area (TPSA) is 116 Å². The number of fused-ring (bicyclic) bond motifs is 1. The van der Waals surface area contributed by atoms with Gasteiger partial charge in [-0.15, -0.1) is 0 Å². The zero-order valence-electron chi connectivity index (χ0n) is 14.8. The van der Waals surface area contributed by atoms with E-state index in [0.717, 1.165) is 10.8 Å². The van der Waals surface area contributed by atoms with Crippen molar-refractivity contribution in [1.29, 1.82) is 0 Å². The molecule has 0 aliphatic carbocycles. The maximum atomic E-state index is 12.3. The van der Waals surface area contributed by atoms with Gasteiger partial charge in [0.05, 0.1) is 0 Å². The number of nitrogens with two attached hydrogens (primary N) is 1. The van der Waals surface area contributed by atoms with Gasteiger partial charge in [-0.2, -0.15) is 0 Å². The normalized spacial score (nSPS) is 13.7. The molecule has 0 fully saturated rings. The third kappa shape index (κ3) is 4.37. The number of carboxylic acids is 1. The van der Waals surface area contributed by atoms with E-state index in [1.165, 1.54) is 0 Å². The van der Waals surface area contributed by atoms with E-state index < -0.39 is 29.2 Å². The first-order valence-corrected chi connectivity index (χ1v) is 7.97. The standard InChI is InChI=1S/C19H21NO6/c1-18(2,3)26-17(24)25-16(23)19(20,15(21)22)11-13-9-6-8-12-7-4-5-10-14(12)13/h4-10H,11,20H2,1-3H3,(H,21,22). The Morgan fingerprint density at radius 1 is 1.04 bits per heavy atom. The van der Waals surface area contributed by atoms with E-state index in [9.17, 15) is 19.5 Å².